The summed E-state index contributed by atoms with van der Waals surface area (Å²) in [5.74, 6) is -0.436. The van der Waals surface area contributed by atoms with E-state index >= 15 is 0 Å². The van der Waals surface area contributed by atoms with Gasteiger partial charge in [0.05, 0.1) is 0 Å². The van der Waals surface area contributed by atoms with E-state index < -0.39 is 5.91 Å². The molecule has 2 nitrogen and oxygen atoms in total. The Morgan fingerprint density at radius 2 is 1.12 bits per heavy atom. The predicted octanol–water partition coefficient (Wildman–Crippen LogP) is 5.95. The number of carbonyl (C=O) groups excluding carboxylic acids is 1. The first-order chi connectivity index (χ1) is 11.8. The van der Waals surface area contributed by atoms with Crippen molar-refractivity contribution in [1.82, 2.24) is 0 Å². The van der Waals surface area contributed by atoms with Crippen LogP contribution in [0.3, 0.4) is 0 Å². The average molecular weight is 328 g/mol. The van der Waals surface area contributed by atoms with Gasteiger partial charge in [0.15, 0.2) is 0 Å². The van der Waals surface area contributed by atoms with Crippen LogP contribution in [0.5, 0.6) is 0 Å². The Kier molecular flexibility index (Phi) is 17.3. The normalized spacial score (nSPS) is 13.0. The minimum absolute atomic E-state index is 0.436. The summed E-state index contributed by atoms with van der Waals surface area (Å²) in [7, 11) is 0. The molecule has 0 heterocycles. The lowest BCUT2D eigenvalue weighted by molar-refractivity contribution is -0.113. The van der Waals surface area contributed by atoms with Crippen LogP contribution >= 0.6 is 0 Å². The molecule has 0 fully saturated rings. The van der Waals surface area contributed by atoms with Gasteiger partial charge in [0.1, 0.15) is 0 Å². The van der Waals surface area contributed by atoms with Crippen molar-refractivity contribution in [2.24, 2.45) is 5.73 Å². The molecular weight excluding hydrogens is 294 g/mol. The number of amides is 1. The molecule has 2 heteroatoms. The minimum atomic E-state index is -0.436. The van der Waals surface area contributed by atoms with E-state index in [9.17, 15) is 4.79 Å². The summed E-state index contributed by atoms with van der Waals surface area (Å²) >= 11 is 0. The summed E-state index contributed by atoms with van der Waals surface area (Å²) in [6.07, 6.45) is 33.4. The molecule has 0 unspecified atom stereocenters. The molecule has 0 spiro atoms. The lowest BCUT2D eigenvalue weighted by Gasteiger charge is -1.98. The van der Waals surface area contributed by atoms with Gasteiger partial charge in [0.25, 0.3) is 0 Å². The Morgan fingerprint density at radius 1 is 0.667 bits per heavy atom. The molecule has 0 aliphatic carbocycles. The average Bonchev–Trinajstić information content (AvgIpc) is 2.56. The molecule has 0 rings (SSSR count). The molecule has 0 aliphatic heterocycles. The van der Waals surface area contributed by atoms with Crippen molar-refractivity contribution in [2.75, 3.05) is 0 Å². The molecule has 0 aromatic carbocycles. The van der Waals surface area contributed by atoms with Gasteiger partial charge in [-0.3, -0.25) is 4.79 Å². The van der Waals surface area contributed by atoms with Crippen LogP contribution in [-0.4, -0.2) is 5.91 Å². The van der Waals surface area contributed by atoms with Gasteiger partial charge in [-0.05, 0) is 12.8 Å². The Balaban J connectivity index is 3.57. The fourth-order valence-corrected chi connectivity index (χ4v) is 2.06. The molecule has 0 radical (unpaired) electrons. The number of hydrogen-bond donors (Lipinski definition) is 1. The van der Waals surface area contributed by atoms with Gasteiger partial charge in [0.2, 0.25) is 5.91 Å². The Hall–Kier alpha value is -2.09. The quantitative estimate of drug-likeness (QED) is 0.239. The third-order valence-corrected chi connectivity index (χ3v) is 3.37. The molecule has 0 aromatic heterocycles. The van der Waals surface area contributed by atoms with Gasteiger partial charge in [-0.15, -0.1) is 0 Å². The first-order valence-corrected chi connectivity index (χ1v) is 9.06. The summed E-state index contributed by atoms with van der Waals surface area (Å²) in [6, 6.07) is 0. The molecule has 2 N–H and O–H groups in total. The van der Waals surface area contributed by atoms with E-state index in [0.717, 1.165) is 0 Å². The van der Waals surface area contributed by atoms with Crippen molar-refractivity contribution in [3.63, 3.8) is 0 Å². The maximum atomic E-state index is 10.4. The van der Waals surface area contributed by atoms with E-state index in [1.165, 1.54) is 57.4 Å². The minimum Gasteiger partial charge on any atom is -0.366 e. The maximum absolute atomic E-state index is 10.4. The predicted molar refractivity (Wildman–Crippen MR) is 107 cm³/mol. The second-order valence-electron chi connectivity index (χ2n) is 5.64. The van der Waals surface area contributed by atoms with Crippen molar-refractivity contribution in [3.05, 3.63) is 72.9 Å². The Labute approximate surface area is 148 Å². The van der Waals surface area contributed by atoms with Crippen molar-refractivity contribution in [3.8, 4) is 0 Å². The molecule has 1 amide bonds. The molecule has 24 heavy (non-hydrogen) atoms. The lowest BCUT2D eigenvalue weighted by atomic mass is 10.1. The zero-order chi connectivity index (χ0) is 17.7. The highest BCUT2D eigenvalue weighted by Gasteiger charge is 1.88. The van der Waals surface area contributed by atoms with Crippen LogP contribution in [-0.2, 0) is 4.79 Å². The van der Waals surface area contributed by atoms with E-state index in [2.05, 4.69) is 25.2 Å². The van der Waals surface area contributed by atoms with Gasteiger partial charge in [-0.2, -0.15) is 0 Å². The third kappa shape index (κ3) is 19.9. The van der Waals surface area contributed by atoms with Gasteiger partial charge in [0, 0.05) is 6.08 Å². The van der Waals surface area contributed by atoms with Gasteiger partial charge in [-0.25, -0.2) is 0 Å². The van der Waals surface area contributed by atoms with Crippen LogP contribution < -0.4 is 5.73 Å². The third-order valence-electron chi connectivity index (χ3n) is 3.37. The molecule has 0 aliphatic rings. The number of nitrogens with two attached hydrogens (primary N) is 1. The topological polar surface area (TPSA) is 43.1 Å². The van der Waals surface area contributed by atoms with Crippen molar-refractivity contribution in [2.45, 2.75) is 58.3 Å². The van der Waals surface area contributed by atoms with Crippen molar-refractivity contribution < 1.29 is 4.79 Å². The number of unbranched alkanes of at least 4 members (excludes halogenated alkanes) is 7. The Morgan fingerprint density at radius 3 is 1.67 bits per heavy atom. The summed E-state index contributed by atoms with van der Waals surface area (Å²) in [6.45, 7) is 2.26. The van der Waals surface area contributed by atoms with Gasteiger partial charge in [-0.1, -0.05) is 112 Å². The second-order valence-corrected chi connectivity index (χ2v) is 5.64. The van der Waals surface area contributed by atoms with E-state index in [-0.39, 0.29) is 0 Å². The number of hydrogen-bond acceptors (Lipinski definition) is 1. The molecule has 0 atom stereocenters. The maximum Gasteiger partial charge on any atom is 0.241 e. The highest BCUT2D eigenvalue weighted by atomic mass is 16.1. The highest BCUT2D eigenvalue weighted by molar-refractivity contribution is 5.85. The van der Waals surface area contributed by atoms with Crippen molar-refractivity contribution >= 4 is 5.91 Å². The number of allylic oxidation sites excluding steroid dienone is 11. The smallest absolute Gasteiger partial charge is 0.241 e. The zero-order valence-electron chi connectivity index (χ0n) is 15.1. The van der Waals surface area contributed by atoms with E-state index in [0.29, 0.717) is 0 Å². The molecular formula is C22H33NO. The van der Waals surface area contributed by atoms with E-state index in [1.807, 2.05) is 36.5 Å². The summed E-state index contributed by atoms with van der Waals surface area (Å²) < 4.78 is 0. The standard InChI is InChI=1S/C22H33NO/c1-2-3-4-5-6-7-8-9-10-11-12-13-14-15-16-17-18-19-20-21-22(23)24/h10-21H,2-9H2,1H3,(H2,23,24). The first-order valence-electron chi connectivity index (χ1n) is 9.06. The summed E-state index contributed by atoms with van der Waals surface area (Å²) in [5, 5.41) is 0. The monoisotopic (exact) mass is 327 g/mol. The largest absolute Gasteiger partial charge is 0.366 e. The van der Waals surface area contributed by atoms with Crippen LogP contribution in [0, 0.1) is 0 Å². The SMILES string of the molecule is CCCCCCCCCC=CC=CC=CC=CC=CC=CC(N)=O. The highest BCUT2D eigenvalue weighted by Crippen LogP contribution is 2.08. The lowest BCUT2D eigenvalue weighted by Crippen LogP contribution is -2.04. The summed E-state index contributed by atoms with van der Waals surface area (Å²) in [4.78, 5) is 10.4. The fraction of sp³-hybridized carbons (Fsp3) is 0.409. The number of carbonyl (C=O) groups is 1. The van der Waals surface area contributed by atoms with Crippen LogP contribution in [0.1, 0.15) is 58.3 Å². The van der Waals surface area contributed by atoms with Crippen LogP contribution in [0.25, 0.3) is 0 Å². The first kappa shape index (κ1) is 21.9. The van der Waals surface area contributed by atoms with Crippen molar-refractivity contribution in [1.29, 1.82) is 0 Å². The van der Waals surface area contributed by atoms with Gasteiger partial charge >= 0.3 is 0 Å². The van der Waals surface area contributed by atoms with Gasteiger partial charge < -0.3 is 5.73 Å². The zero-order valence-corrected chi connectivity index (χ0v) is 15.1. The Bertz CT molecular complexity index is 464. The fourth-order valence-electron chi connectivity index (χ4n) is 2.06. The molecule has 0 saturated heterocycles. The second kappa shape index (κ2) is 19.0. The number of rotatable bonds is 14. The number of primary amides is 1. The molecule has 0 bridgehead atoms. The van der Waals surface area contributed by atoms with Crippen LogP contribution in [0.4, 0.5) is 0 Å². The van der Waals surface area contributed by atoms with E-state index in [1.54, 1.807) is 12.2 Å². The van der Waals surface area contributed by atoms with Crippen LogP contribution in [0.2, 0.25) is 0 Å². The van der Waals surface area contributed by atoms with Crippen LogP contribution in [0.15, 0.2) is 72.9 Å². The van der Waals surface area contributed by atoms with E-state index in [4.69, 9.17) is 5.73 Å². The molecule has 0 saturated carbocycles. The molecule has 0 aromatic rings. The molecule has 132 valence electrons. The summed E-state index contributed by atoms with van der Waals surface area (Å²) in [5.41, 5.74) is 4.97.